The van der Waals surface area contributed by atoms with Gasteiger partial charge in [0.25, 0.3) is 11.2 Å². The van der Waals surface area contributed by atoms with Crippen molar-refractivity contribution in [3.63, 3.8) is 0 Å². The average Bonchev–Trinajstić information content (AvgIpc) is 3.21. The highest BCUT2D eigenvalue weighted by atomic mass is 32.2. The zero-order valence-electron chi connectivity index (χ0n) is 18.2. The summed E-state index contributed by atoms with van der Waals surface area (Å²) in [6, 6.07) is 16.2. The van der Waals surface area contributed by atoms with E-state index < -0.39 is 4.92 Å². The van der Waals surface area contributed by atoms with Crippen molar-refractivity contribution in [3.8, 4) is 5.69 Å². The molecule has 0 N–H and O–H groups in total. The van der Waals surface area contributed by atoms with Crippen LogP contribution in [0.1, 0.15) is 35.8 Å². The summed E-state index contributed by atoms with van der Waals surface area (Å²) >= 11 is 3.14. The molecule has 2 aromatic carbocycles. The molecule has 8 heteroatoms. The Kier molecular flexibility index (Phi) is 6.03. The average molecular weight is 478 g/mol. The lowest BCUT2D eigenvalue weighted by atomic mass is 9.86. The minimum absolute atomic E-state index is 0.00940. The minimum Gasteiger partial charge on any atom is -0.268 e. The lowest BCUT2D eigenvalue weighted by Gasteiger charge is -2.20. The van der Waals surface area contributed by atoms with Gasteiger partial charge >= 0.3 is 0 Å². The number of nitrogens with zero attached hydrogens (tertiary/aromatic N) is 3. The Bertz CT molecular complexity index is 1380. The Morgan fingerprint density at radius 3 is 2.64 bits per heavy atom. The van der Waals surface area contributed by atoms with E-state index in [4.69, 9.17) is 4.98 Å². The van der Waals surface area contributed by atoms with E-state index in [1.54, 1.807) is 28.0 Å². The predicted molar refractivity (Wildman–Crippen MR) is 134 cm³/mol. The smallest absolute Gasteiger partial charge is 0.268 e. The number of nitro benzene ring substituents is 1. The SMILES string of the molecule is CCC1CCc2c(sc3nc(SCc4ccc([N+](=O)[O-])cc4)n(-c4ccccc4)c(=O)c23)C1. The molecule has 2 heterocycles. The van der Waals surface area contributed by atoms with Crippen LogP contribution < -0.4 is 5.56 Å². The number of thiophene rings is 1. The second-order valence-corrected chi connectivity index (χ2v) is 10.3. The number of rotatable bonds is 6. The third-order valence-corrected chi connectivity index (χ3v) is 8.42. The second-order valence-electron chi connectivity index (χ2n) is 8.28. The summed E-state index contributed by atoms with van der Waals surface area (Å²) in [7, 11) is 0. The molecule has 0 aliphatic heterocycles. The maximum atomic E-state index is 13.8. The molecule has 5 rings (SSSR count). The third-order valence-electron chi connectivity index (χ3n) is 6.26. The van der Waals surface area contributed by atoms with Gasteiger partial charge in [-0.1, -0.05) is 55.4 Å². The van der Waals surface area contributed by atoms with Gasteiger partial charge in [0.15, 0.2) is 5.16 Å². The molecule has 0 spiro atoms. The Balaban J connectivity index is 1.58. The van der Waals surface area contributed by atoms with Gasteiger partial charge in [0.1, 0.15) is 4.83 Å². The number of aromatic nitrogens is 2. The van der Waals surface area contributed by atoms with Gasteiger partial charge in [-0.15, -0.1) is 11.3 Å². The van der Waals surface area contributed by atoms with Crippen LogP contribution in [0.5, 0.6) is 0 Å². The van der Waals surface area contributed by atoms with Crippen molar-refractivity contribution in [1.82, 2.24) is 9.55 Å². The van der Waals surface area contributed by atoms with E-state index in [0.29, 0.717) is 16.8 Å². The Hall–Kier alpha value is -2.97. The van der Waals surface area contributed by atoms with Gasteiger partial charge in [-0.3, -0.25) is 19.5 Å². The molecule has 1 aliphatic rings. The van der Waals surface area contributed by atoms with Crippen LogP contribution in [-0.4, -0.2) is 14.5 Å². The monoisotopic (exact) mass is 477 g/mol. The van der Waals surface area contributed by atoms with Crippen molar-refractivity contribution in [2.45, 2.75) is 43.5 Å². The fraction of sp³-hybridized carbons (Fsp3) is 0.280. The summed E-state index contributed by atoms with van der Waals surface area (Å²) in [4.78, 5) is 31.4. The van der Waals surface area contributed by atoms with Gasteiger partial charge < -0.3 is 0 Å². The molecule has 0 radical (unpaired) electrons. The van der Waals surface area contributed by atoms with Crippen molar-refractivity contribution in [2.75, 3.05) is 0 Å². The fourth-order valence-electron chi connectivity index (χ4n) is 4.39. The maximum absolute atomic E-state index is 13.8. The van der Waals surface area contributed by atoms with Crippen molar-refractivity contribution in [2.24, 2.45) is 5.92 Å². The van der Waals surface area contributed by atoms with Crippen LogP contribution in [0.4, 0.5) is 5.69 Å². The van der Waals surface area contributed by atoms with Crippen molar-refractivity contribution >= 4 is 39.0 Å². The molecule has 168 valence electrons. The second kappa shape index (κ2) is 9.11. The highest BCUT2D eigenvalue weighted by Gasteiger charge is 2.26. The van der Waals surface area contributed by atoms with Gasteiger partial charge in [0, 0.05) is 22.8 Å². The summed E-state index contributed by atoms with van der Waals surface area (Å²) in [5.74, 6) is 1.24. The van der Waals surface area contributed by atoms with E-state index in [-0.39, 0.29) is 11.2 Å². The number of para-hydroxylation sites is 1. The van der Waals surface area contributed by atoms with Crippen LogP contribution in [0.25, 0.3) is 15.9 Å². The first-order valence-corrected chi connectivity index (χ1v) is 12.8. The molecule has 1 atom stereocenters. The number of thioether (sulfide) groups is 1. The zero-order valence-corrected chi connectivity index (χ0v) is 19.8. The summed E-state index contributed by atoms with van der Waals surface area (Å²) in [6.45, 7) is 2.23. The number of hydrogen-bond donors (Lipinski definition) is 0. The number of aryl methyl sites for hydroxylation is 1. The summed E-state index contributed by atoms with van der Waals surface area (Å²) < 4.78 is 1.72. The zero-order chi connectivity index (χ0) is 22.9. The quantitative estimate of drug-likeness (QED) is 0.144. The highest BCUT2D eigenvalue weighted by molar-refractivity contribution is 7.98. The van der Waals surface area contributed by atoms with Gasteiger partial charge in [-0.05, 0) is 48.4 Å². The normalized spacial score (nSPS) is 15.5. The van der Waals surface area contributed by atoms with Crippen molar-refractivity contribution in [3.05, 3.63) is 91.1 Å². The lowest BCUT2D eigenvalue weighted by Crippen LogP contribution is -2.22. The molecule has 0 saturated heterocycles. The van der Waals surface area contributed by atoms with E-state index >= 15 is 0 Å². The summed E-state index contributed by atoms with van der Waals surface area (Å²) in [5, 5.41) is 12.3. The van der Waals surface area contributed by atoms with Crippen LogP contribution in [0.2, 0.25) is 0 Å². The topological polar surface area (TPSA) is 78.0 Å². The Labute approximate surface area is 199 Å². The van der Waals surface area contributed by atoms with E-state index in [9.17, 15) is 14.9 Å². The molecule has 0 fully saturated rings. The van der Waals surface area contributed by atoms with E-state index in [1.165, 1.54) is 34.3 Å². The summed E-state index contributed by atoms with van der Waals surface area (Å²) in [5.41, 5.74) is 2.98. The lowest BCUT2D eigenvalue weighted by molar-refractivity contribution is -0.384. The molecule has 1 unspecified atom stereocenters. The molecule has 4 aromatic rings. The molecule has 0 saturated carbocycles. The van der Waals surface area contributed by atoms with Crippen molar-refractivity contribution < 1.29 is 4.92 Å². The van der Waals surface area contributed by atoms with Gasteiger partial charge in [-0.25, -0.2) is 4.98 Å². The standard InChI is InChI=1S/C25H23N3O3S2/c1-2-16-10-13-20-21(14-16)33-23-22(20)24(29)27(18-6-4-3-5-7-18)25(26-23)32-15-17-8-11-19(12-9-17)28(30)31/h3-9,11-12,16H,2,10,13-15H2,1H3. The molecule has 0 amide bonds. The largest absolute Gasteiger partial charge is 0.269 e. The van der Waals surface area contributed by atoms with Crippen LogP contribution in [0.15, 0.2) is 64.5 Å². The molecule has 2 aromatic heterocycles. The number of benzene rings is 2. The number of non-ortho nitro benzene ring substituents is 1. The van der Waals surface area contributed by atoms with Gasteiger partial charge in [-0.2, -0.15) is 0 Å². The predicted octanol–water partition coefficient (Wildman–Crippen LogP) is 6.16. The first-order chi connectivity index (χ1) is 16.0. The third kappa shape index (κ3) is 4.20. The Morgan fingerprint density at radius 1 is 1.18 bits per heavy atom. The first kappa shape index (κ1) is 21.9. The van der Waals surface area contributed by atoms with Crippen LogP contribution in [0.3, 0.4) is 0 Å². The minimum atomic E-state index is -0.402. The molecular weight excluding hydrogens is 454 g/mol. The fourth-order valence-corrected chi connectivity index (χ4v) is 6.73. The molecular formula is C25H23N3O3S2. The molecule has 6 nitrogen and oxygen atoms in total. The van der Waals surface area contributed by atoms with E-state index in [1.807, 2.05) is 30.3 Å². The highest BCUT2D eigenvalue weighted by Crippen LogP contribution is 2.38. The Morgan fingerprint density at radius 2 is 1.94 bits per heavy atom. The van der Waals surface area contributed by atoms with Gasteiger partial charge in [0.05, 0.1) is 16.0 Å². The van der Waals surface area contributed by atoms with Crippen molar-refractivity contribution in [1.29, 1.82) is 0 Å². The van der Waals surface area contributed by atoms with Crippen LogP contribution in [0, 0.1) is 16.0 Å². The summed E-state index contributed by atoms with van der Waals surface area (Å²) in [6.07, 6.45) is 4.25. The van der Waals surface area contributed by atoms with E-state index in [2.05, 4.69) is 6.92 Å². The number of hydrogen-bond acceptors (Lipinski definition) is 6. The molecule has 0 bridgehead atoms. The van der Waals surface area contributed by atoms with E-state index in [0.717, 1.165) is 47.2 Å². The van der Waals surface area contributed by atoms with Crippen LogP contribution in [-0.2, 0) is 18.6 Å². The van der Waals surface area contributed by atoms with Crippen LogP contribution >= 0.6 is 23.1 Å². The maximum Gasteiger partial charge on any atom is 0.269 e. The van der Waals surface area contributed by atoms with Gasteiger partial charge in [0.2, 0.25) is 0 Å². The first-order valence-electron chi connectivity index (χ1n) is 11.0. The molecule has 33 heavy (non-hydrogen) atoms. The number of fused-ring (bicyclic) bond motifs is 3. The number of nitro groups is 1. The molecule has 1 aliphatic carbocycles.